The molecule has 2 aromatic rings. The molecular formula is C16H18N4O8S. The number of anilines is 1. The highest BCUT2D eigenvalue weighted by atomic mass is 32.2. The number of amides is 2. The van der Waals surface area contributed by atoms with Crippen molar-refractivity contribution in [3.63, 3.8) is 0 Å². The molecule has 0 saturated carbocycles. The molecule has 1 aromatic heterocycles. The number of methoxy groups -OCH3 is 2. The Kier molecular flexibility index (Phi) is 7.14. The van der Waals surface area contributed by atoms with Crippen LogP contribution in [0.2, 0.25) is 0 Å². The number of nitrogens with zero attached hydrogens (tertiary/aromatic N) is 2. The first-order valence-corrected chi connectivity index (χ1v) is 9.45. The number of hydrogen-bond acceptors (Lipinski definition) is 10. The van der Waals surface area contributed by atoms with Gasteiger partial charge >= 0.3 is 22.3 Å². The molecule has 0 aliphatic rings. The number of hydrogen-bond donors (Lipinski definition) is 2. The van der Waals surface area contributed by atoms with Crippen molar-refractivity contribution in [2.24, 2.45) is 0 Å². The number of esters is 1. The van der Waals surface area contributed by atoms with Crippen molar-refractivity contribution in [3.05, 3.63) is 35.9 Å². The summed E-state index contributed by atoms with van der Waals surface area (Å²) in [7, 11) is -1.97. The summed E-state index contributed by atoms with van der Waals surface area (Å²) >= 11 is 0. The highest BCUT2D eigenvalue weighted by molar-refractivity contribution is 7.85. The molecule has 0 radical (unpaired) electrons. The summed E-state index contributed by atoms with van der Waals surface area (Å²) in [5.74, 6) is -1.21. The second-order valence-corrected chi connectivity index (χ2v) is 6.37. The fourth-order valence-electron chi connectivity index (χ4n) is 1.97. The summed E-state index contributed by atoms with van der Waals surface area (Å²) in [5, 5.41) is 2.11. The summed E-state index contributed by atoms with van der Waals surface area (Å²) < 4.78 is 45.4. The molecular weight excluding hydrogens is 408 g/mol. The summed E-state index contributed by atoms with van der Waals surface area (Å²) in [6, 6.07) is 5.64. The van der Waals surface area contributed by atoms with Crippen molar-refractivity contribution in [3.8, 4) is 17.5 Å². The van der Waals surface area contributed by atoms with E-state index in [-0.39, 0.29) is 35.6 Å². The zero-order chi connectivity index (χ0) is 21.4. The fraction of sp³-hybridized carbons (Fsp3) is 0.250. The minimum Gasteiger partial charge on any atom is -0.481 e. The highest BCUT2D eigenvalue weighted by Gasteiger charge is 2.22. The van der Waals surface area contributed by atoms with E-state index >= 15 is 0 Å². The first-order valence-electron chi connectivity index (χ1n) is 8.04. The Bertz CT molecular complexity index is 974. The summed E-state index contributed by atoms with van der Waals surface area (Å²) in [6.45, 7) is 1.68. The molecule has 0 spiro atoms. The fourth-order valence-corrected chi connectivity index (χ4v) is 2.67. The SMILES string of the molecule is CCOC(=O)c1ccccc1OS(=O)(=O)NC(=O)Nc1nc(OC)cc(OC)n1. The highest BCUT2D eigenvalue weighted by Crippen LogP contribution is 2.21. The molecule has 0 bridgehead atoms. The molecule has 1 aromatic carbocycles. The van der Waals surface area contributed by atoms with E-state index in [1.54, 1.807) is 11.6 Å². The average molecular weight is 426 g/mol. The maximum Gasteiger partial charge on any atom is 0.411 e. The summed E-state index contributed by atoms with van der Waals surface area (Å²) in [5.41, 5.74) is -0.124. The van der Waals surface area contributed by atoms with Crippen LogP contribution >= 0.6 is 0 Å². The minimum atomic E-state index is -4.64. The molecule has 2 N–H and O–H groups in total. The Morgan fingerprint density at radius 1 is 1.07 bits per heavy atom. The van der Waals surface area contributed by atoms with Crippen molar-refractivity contribution >= 4 is 28.3 Å². The predicted octanol–water partition coefficient (Wildman–Crippen LogP) is 1.12. The third kappa shape index (κ3) is 6.21. The van der Waals surface area contributed by atoms with Crippen LogP contribution in [0, 0.1) is 0 Å². The number of ether oxygens (including phenoxy) is 3. The zero-order valence-electron chi connectivity index (χ0n) is 15.7. The first-order chi connectivity index (χ1) is 13.8. The van der Waals surface area contributed by atoms with E-state index < -0.39 is 22.3 Å². The van der Waals surface area contributed by atoms with E-state index in [1.165, 1.54) is 44.6 Å². The van der Waals surface area contributed by atoms with Gasteiger partial charge in [0.2, 0.25) is 17.7 Å². The number of nitrogens with one attached hydrogen (secondary N) is 2. The molecule has 2 rings (SSSR count). The van der Waals surface area contributed by atoms with Gasteiger partial charge in [0.15, 0.2) is 5.75 Å². The van der Waals surface area contributed by atoms with Crippen LogP contribution in [0.3, 0.4) is 0 Å². The quantitative estimate of drug-likeness (QED) is 0.586. The van der Waals surface area contributed by atoms with Gasteiger partial charge in [0.1, 0.15) is 5.56 Å². The van der Waals surface area contributed by atoms with Crippen LogP contribution in [-0.4, -0.2) is 51.2 Å². The molecule has 29 heavy (non-hydrogen) atoms. The number of benzene rings is 1. The Morgan fingerprint density at radius 3 is 2.28 bits per heavy atom. The molecule has 1 heterocycles. The van der Waals surface area contributed by atoms with Crippen molar-refractivity contribution in [2.75, 3.05) is 26.1 Å². The molecule has 0 saturated heterocycles. The van der Waals surface area contributed by atoms with Gasteiger partial charge in [0.25, 0.3) is 0 Å². The van der Waals surface area contributed by atoms with Crippen LogP contribution in [0.15, 0.2) is 30.3 Å². The van der Waals surface area contributed by atoms with Crippen LogP contribution in [0.1, 0.15) is 17.3 Å². The van der Waals surface area contributed by atoms with Crippen molar-refractivity contribution in [1.29, 1.82) is 0 Å². The minimum absolute atomic E-state index is 0.0784. The lowest BCUT2D eigenvalue weighted by Crippen LogP contribution is -2.37. The maximum atomic E-state index is 12.1. The molecule has 0 aliphatic carbocycles. The van der Waals surface area contributed by atoms with E-state index in [4.69, 9.17) is 18.4 Å². The lowest BCUT2D eigenvalue weighted by Gasteiger charge is -2.12. The van der Waals surface area contributed by atoms with Gasteiger partial charge in [0.05, 0.1) is 26.9 Å². The first kappa shape index (κ1) is 21.7. The number of rotatable bonds is 8. The van der Waals surface area contributed by atoms with Gasteiger partial charge in [-0.05, 0) is 19.1 Å². The normalized spacial score (nSPS) is 10.6. The monoisotopic (exact) mass is 426 g/mol. The van der Waals surface area contributed by atoms with Crippen molar-refractivity contribution in [1.82, 2.24) is 14.7 Å². The topological polar surface area (TPSA) is 155 Å². The number of carbonyl (C=O) groups is 2. The lowest BCUT2D eigenvalue weighted by molar-refractivity contribution is 0.0524. The third-order valence-corrected chi connectivity index (χ3v) is 3.96. The smallest absolute Gasteiger partial charge is 0.411 e. The lowest BCUT2D eigenvalue weighted by atomic mass is 10.2. The molecule has 0 fully saturated rings. The Balaban J connectivity index is 2.12. The van der Waals surface area contributed by atoms with E-state index in [1.807, 2.05) is 0 Å². The number of carbonyl (C=O) groups excluding carboxylic acids is 2. The standard InChI is InChI=1S/C16H18N4O8S/c1-4-27-14(21)10-7-5-6-8-11(10)28-29(23,24)20-16(22)19-15-17-12(25-2)9-13(18-15)26-3/h5-9H,4H2,1-3H3,(H2,17,18,19,20,22). The van der Waals surface area contributed by atoms with E-state index in [9.17, 15) is 18.0 Å². The molecule has 2 amide bonds. The zero-order valence-corrected chi connectivity index (χ0v) is 16.5. The number of urea groups is 1. The van der Waals surface area contributed by atoms with Crippen LogP contribution in [0.25, 0.3) is 0 Å². The molecule has 0 aliphatic heterocycles. The van der Waals surface area contributed by atoms with Gasteiger partial charge in [-0.25, -0.2) is 14.3 Å². The van der Waals surface area contributed by atoms with Gasteiger partial charge in [-0.1, -0.05) is 12.1 Å². The Labute approximate surface area is 166 Å². The molecule has 0 unspecified atom stereocenters. The Morgan fingerprint density at radius 2 is 1.69 bits per heavy atom. The van der Waals surface area contributed by atoms with Crippen LogP contribution in [-0.2, 0) is 15.0 Å². The van der Waals surface area contributed by atoms with E-state index in [0.29, 0.717) is 0 Å². The van der Waals surface area contributed by atoms with Gasteiger partial charge < -0.3 is 18.4 Å². The second kappa shape index (κ2) is 9.54. The van der Waals surface area contributed by atoms with Gasteiger partial charge in [-0.15, -0.1) is 0 Å². The van der Waals surface area contributed by atoms with Gasteiger partial charge in [0, 0.05) is 0 Å². The molecule has 13 heteroatoms. The van der Waals surface area contributed by atoms with Crippen LogP contribution in [0.5, 0.6) is 17.5 Å². The van der Waals surface area contributed by atoms with Crippen LogP contribution < -0.4 is 23.7 Å². The van der Waals surface area contributed by atoms with E-state index in [2.05, 4.69) is 15.3 Å². The molecule has 0 atom stereocenters. The van der Waals surface area contributed by atoms with Crippen molar-refractivity contribution in [2.45, 2.75) is 6.92 Å². The number of para-hydroxylation sites is 1. The van der Waals surface area contributed by atoms with Crippen LogP contribution in [0.4, 0.5) is 10.7 Å². The number of aromatic nitrogens is 2. The summed E-state index contributed by atoms with van der Waals surface area (Å²) in [4.78, 5) is 31.6. The summed E-state index contributed by atoms with van der Waals surface area (Å²) in [6.07, 6.45) is 0. The van der Waals surface area contributed by atoms with Crippen molar-refractivity contribution < 1.29 is 36.4 Å². The maximum absolute atomic E-state index is 12.1. The van der Waals surface area contributed by atoms with Gasteiger partial charge in [-0.2, -0.15) is 18.4 Å². The van der Waals surface area contributed by atoms with Gasteiger partial charge in [-0.3, -0.25) is 5.32 Å². The largest absolute Gasteiger partial charge is 0.481 e. The molecule has 12 nitrogen and oxygen atoms in total. The Hall–Kier alpha value is -3.61. The molecule has 156 valence electrons. The third-order valence-electron chi connectivity index (χ3n) is 3.12. The van der Waals surface area contributed by atoms with E-state index in [0.717, 1.165) is 0 Å². The predicted molar refractivity (Wildman–Crippen MR) is 99.2 cm³/mol. The second-order valence-electron chi connectivity index (χ2n) is 5.09. The average Bonchev–Trinajstić information content (AvgIpc) is 2.67.